The highest BCUT2D eigenvalue weighted by molar-refractivity contribution is 7.98. The average molecular weight is 365 g/mol. The Hall–Kier alpha value is -2.17. The highest BCUT2D eigenvalue weighted by Gasteiger charge is 2.15. The molecule has 0 radical (unpaired) electrons. The summed E-state index contributed by atoms with van der Waals surface area (Å²) in [5.74, 6) is 2.43. The van der Waals surface area contributed by atoms with Gasteiger partial charge in [-0.15, -0.1) is 0 Å². The van der Waals surface area contributed by atoms with Crippen LogP contribution in [0.15, 0.2) is 60.8 Å². The molecule has 0 unspecified atom stereocenters. The van der Waals surface area contributed by atoms with Gasteiger partial charge in [0.2, 0.25) is 0 Å². The Morgan fingerprint density at radius 2 is 2.00 bits per heavy atom. The molecular weight excluding hydrogens is 340 g/mol. The first-order valence-electron chi connectivity index (χ1n) is 9.14. The number of aromatic hydroxyl groups is 1. The topological polar surface area (TPSA) is 48.0 Å². The molecule has 0 saturated carbocycles. The van der Waals surface area contributed by atoms with Crippen molar-refractivity contribution in [2.45, 2.75) is 24.6 Å². The second-order valence-corrected chi connectivity index (χ2v) is 7.89. The van der Waals surface area contributed by atoms with Crippen molar-refractivity contribution in [1.82, 2.24) is 10.3 Å². The molecule has 0 fully saturated rings. The summed E-state index contributed by atoms with van der Waals surface area (Å²) in [4.78, 5) is 3.29. The molecule has 0 spiro atoms. The Morgan fingerprint density at radius 1 is 1.12 bits per heavy atom. The van der Waals surface area contributed by atoms with Crippen molar-refractivity contribution in [3.8, 4) is 5.75 Å². The molecule has 3 N–H and O–H groups in total. The molecule has 1 atom stereocenters. The number of hydrogen-bond acceptors (Lipinski definition) is 3. The van der Waals surface area contributed by atoms with E-state index in [2.05, 4.69) is 52.9 Å². The number of rotatable bonds is 6. The second-order valence-electron chi connectivity index (χ2n) is 6.79. The predicted octanol–water partition coefficient (Wildman–Crippen LogP) is 4.94. The quantitative estimate of drug-likeness (QED) is 0.543. The van der Waals surface area contributed by atoms with Gasteiger partial charge in [-0.05, 0) is 53.5 Å². The molecule has 3 aromatic rings. The zero-order valence-corrected chi connectivity index (χ0v) is 15.6. The smallest absolute Gasteiger partial charge is 0.116 e. The molecule has 134 valence electrons. The first kappa shape index (κ1) is 17.3. The number of benzene rings is 2. The summed E-state index contributed by atoms with van der Waals surface area (Å²) in [6.45, 7) is 0.960. The molecule has 4 heteroatoms. The fourth-order valence-corrected chi connectivity index (χ4v) is 4.61. The fourth-order valence-electron chi connectivity index (χ4n) is 3.56. The Morgan fingerprint density at radius 3 is 2.88 bits per heavy atom. The normalized spacial score (nSPS) is 17.4. The van der Waals surface area contributed by atoms with E-state index in [1.807, 2.05) is 23.9 Å². The van der Waals surface area contributed by atoms with Crippen molar-refractivity contribution < 1.29 is 5.11 Å². The van der Waals surface area contributed by atoms with Gasteiger partial charge in [0.05, 0.1) is 0 Å². The molecule has 0 aliphatic carbocycles. The molecule has 1 aromatic heterocycles. The van der Waals surface area contributed by atoms with E-state index >= 15 is 0 Å². The van der Waals surface area contributed by atoms with E-state index in [0.717, 1.165) is 35.4 Å². The lowest BCUT2D eigenvalue weighted by Gasteiger charge is -2.24. The first-order valence-corrected chi connectivity index (χ1v) is 10.3. The lowest BCUT2D eigenvalue weighted by atomic mass is 9.94. The van der Waals surface area contributed by atoms with Crippen LogP contribution < -0.4 is 5.32 Å². The largest absolute Gasteiger partial charge is 0.508 e. The van der Waals surface area contributed by atoms with Gasteiger partial charge in [-0.3, -0.25) is 0 Å². The van der Waals surface area contributed by atoms with Gasteiger partial charge in [-0.25, -0.2) is 0 Å². The third kappa shape index (κ3) is 3.97. The highest BCUT2D eigenvalue weighted by atomic mass is 32.2. The van der Waals surface area contributed by atoms with Crippen LogP contribution in [-0.4, -0.2) is 28.4 Å². The Bertz CT molecular complexity index is 901. The number of phenols is 1. The highest BCUT2D eigenvalue weighted by Crippen LogP contribution is 2.27. The lowest BCUT2D eigenvalue weighted by molar-refractivity contribution is 0.476. The number of fused-ring (bicyclic) bond motifs is 1. The standard InChI is InChI=1S/C22H24N2OS/c25-20-6-7-22-21(13-20)18(14-24-22)15-26-11-9-19-12-17(8-10-23-19)16-4-2-1-3-5-16/h1-8,13-14,19,23-25H,9-12,15H2/t19-/m1/s1. The minimum atomic E-state index is 0.329. The summed E-state index contributed by atoms with van der Waals surface area (Å²) in [5.41, 5.74) is 5.17. The van der Waals surface area contributed by atoms with Gasteiger partial charge >= 0.3 is 0 Å². The van der Waals surface area contributed by atoms with Gasteiger partial charge < -0.3 is 15.4 Å². The molecule has 2 aromatic carbocycles. The fraction of sp³-hybridized carbons (Fsp3) is 0.273. The van der Waals surface area contributed by atoms with E-state index in [0.29, 0.717) is 11.8 Å². The van der Waals surface area contributed by atoms with E-state index in [-0.39, 0.29) is 0 Å². The molecule has 0 amide bonds. The van der Waals surface area contributed by atoms with Gasteiger partial charge in [-0.1, -0.05) is 36.4 Å². The van der Waals surface area contributed by atoms with Crippen LogP contribution in [-0.2, 0) is 5.75 Å². The van der Waals surface area contributed by atoms with E-state index < -0.39 is 0 Å². The first-order chi connectivity index (χ1) is 12.8. The lowest BCUT2D eigenvalue weighted by Crippen LogP contribution is -2.33. The molecule has 0 bridgehead atoms. The third-order valence-electron chi connectivity index (χ3n) is 4.99. The zero-order valence-electron chi connectivity index (χ0n) is 14.7. The van der Waals surface area contributed by atoms with Crippen LogP contribution in [0.3, 0.4) is 0 Å². The van der Waals surface area contributed by atoms with E-state index in [1.54, 1.807) is 6.07 Å². The number of aromatic amines is 1. The summed E-state index contributed by atoms with van der Waals surface area (Å²) >= 11 is 1.96. The summed E-state index contributed by atoms with van der Waals surface area (Å²) in [6, 6.07) is 16.8. The van der Waals surface area contributed by atoms with Crippen LogP contribution in [0.4, 0.5) is 0 Å². The van der Waals surface area contributed by atoms with Crippen molar-refractivity contribution in [1.29, 1.82) is 0 Å². The Kier molecular flexibility index (Phi) is 5.32. The molecule has 0 saturated heterocycles. The maximum atomic E-state index is 9.70. The van der Waals surface area contributed by atoms with Crippen LogP contribution in [0.25, 0.3) is 16.5 Å². The molecule has 4 rings (SSSR count). The van der Waals surface area contributed by atoms with Gasteiger partial charge in [0.1, 0.15) is 5.75 Å². The third-order valence-corrected chi connectivity index (χ3v) is 6.02. The van der Waals surface area contributed by atoms with Crippen LogP contribution in [0.5, 0.6) is 5.75 Å². The SMILES string of the molecule is Oc1ccc2[nH]cc(CSCC[C@@H]3CC(c4ccccc4)=CCN3)c2c1. The maximum absolute atomic E-state index is 9.70. The predicted molar refractivity (Wildman–Crippen MR) is 112 cm³/mol. The number of aromatic nitrogens is 1. The molecule has 3 nitrogen and oxygen atoms in total. The van der Waals surface area contributed by atoms with Crippen molar-refractivity contribution in [2.24, 2.45) is 0 Å². The van der Waals surface area contributed by atoms with Crippen LogP contribution in [0.1, 0.15) is 24.0 Å². The zero-order chi connectivity index (χ0) is 17.8. The summed E-state index contributed by atoms with van der Waals surface area (Å²) in [6.07, 6.45) is 6.65. The average Bonchev–Trinajstić information content (AvgIpc) is 3.08. The van der Waals surface area contributed by atoms with Crippen molar-refractivity contribution in [3.05, 3.63) is 71.9 Å². The Labute approximate surface area is 158 Å². The molecule has 1 aliphatic rings. The summed E-state index contributed by atoms with van der Waals surface area (Å²) < 4.78 is 0. The molecule has 26 heavy (non-hydrogen) atoms. The van der Waals surface area contributed by atoms with Crippen LogP contribution in [0.2, 0.25) is 0 Å². The number of thioether (sulfide) groups is 1. The van der Waals surface area contributed by atoms with Crippen LogP contribution >= 0.6 is 11.8 Å². The van der Waals surface area contributed by atoms with Crippen molar-refractivity contribution in [3.63, 3.8) is 0 Å². The van der Waals surface area contributed by atoms with E-state index in [4.69, 9.17) is 0 Å². The van der Waals surface area contributed by atoms with Gasteiger partial charge in [0.15, 0.2) is 0 Å². The minimum absolute atomic E-state index is 0.329. The minimum Gasteiger partial charge on any atom is -0.508 e. The maximum Gasteiger partial charge on any atom is 0.116 e. The molecule has 2 heterocycles. The van der Waals surface area contributed by atoms with Gasteiger partial charge in [-0.2, -0.15) is 11.8 Å². The number of nitrogens with one attached hydrogen (secondary N) is 2. The molecular formula is C22H24N2OS. The molecule has 1 aliphatic heterocycles. The van der Waals surface area contributed by atoms with Crippen molar-refractivity contribution >= 4 is 28.2 Å². The van der Waals surface area contributed by atoms with E-state index in [1.165, 1.54) is 23.1 Å². The number of H-pyrrole nitrogens is 1. The number of hydrogen-bond donors (Lipinski definition) is 3. The summed E-state index contributed by atoms with van der Waals surface area (Å²) in [7, 11) is 0. The second kappa shape index (κ2) is 8.02. The Balaban J connectivity index is 1.28. The number of phenolic OH excluding ortho intramolecular Hbond substituents is 1. The van der Waals surface area contributed by atoms with Gasteiger partial charge in [0.25, 0.3) is 0 Å². The van der Waals surface area contributed by atoms with Crippen molar-refractivity contribution in [2.75, 3.05) is 12.3 Å². The monoisotopic (exact) mass is 364 g/mol. The van der Waals surface area contributed by atoms with E-state index in [9.17, 15) is 5.11 Å². The van der Waals surface area contributed by atoms with Crippen LogP contribution in [0, 0.1) is 0 Å². The summed E-state index contributed by atoms with van der Waals surface area (Å²) in [5, 5.41) is 14.4. The van der Waals surface area contributed by atoms with Gasteiger partial charge in [0, 0.05) is 35.4 Å².